The fourth-order valence-electron chi connectivity index (χ4n) is 1.77. The minimum Gasteiger partial charge on any atom is -0.430 e. The average molecular weight is 326 g/mol. The lowest BCUT2D eigenvalue weighted by Gasteiger charge is -2.05. The van der Waals surface area contributed by atoms with Gasteiger partial charge in [-0.3, -0.25) is 4.89 Å². The van der Waals surface area contributed by atoms with Crippen molar-refractivity contribution in [3.05, 3.63) is 34.9 Å². The summed E-state index contributed by atoms with van der Waals surface area (Å²) in [6.07, 6.45) is 0.863. The Hall–Kier alpha value is -2.12. The number of benzene rings is 1. The molecule has 0 aliphatic rings. The number of carbonyl (C=O) groups excluding carboxylic acids is 2. The molecule has 1 rings (SSSR count). The number of rotatable bonds is 9. The maximum Gasteiger partial charge on any atom is 0.543 e. The summed E-state index contributed by atoms with van der Waals surface area (Å²) in [6.45, 7) is 6.64. The molecule has 0 aromatic heterocycles. The first-order valence-electron chi connectivity index (χ1n) is 7.41. The zero-order valence-corrected chi connectivity index (χ0v) is 13.6. The summed E-state index contributed by atoms with van der Waals surface area (Å²) in [5.41, 5.74) is 2.10. The molecule has 0 aliphatic carbocycles. The number of aryl methyl sites for hydroxylation is 2. The smallest absolute Gasteiger partial charge is 0.430 e. The fourth-order valence-corrected chi connectivity index (χ4v) is 1.77. The molecule has 0 bridgehead atoms. The summed E-state index contributed by atoms with van der Waals surface area (Å²) in [5.74, 6) is -0.771. The van der Waals surface area contributed by atoms with Crippen molar-refractivity contribution >= 4 is 12.1 Å². The van der Waals surface area contributed by atoms with Crippen molar-refractivity contribution in [1.82, 2.24) is 0 Å². The van der Waals surface area contributed by atoms with Crippen LogP contribution in [0.15, 0.2) is 18.2 Å². The van der Waals surface area contributed by atoms with E-state index >= 15 is 0 Å². The third-order valence-electron chi connectivity index (χ3n) is 2.76. The minimum absolute atomic E-state index is 0.0247. The Bertz CT molecular complexity index is 493. The van der Waals surface area contributed by atoms with Gasteiger partial charge in [-0.05, 0) is 32.4 Å². The van der Waals surface area contributed by atoms with E-state index in [-0.39, 0.29) is 13.2 Å². The van der Waals surface area contributed by atoms with Gasteiger partial charge in [-0.2, -0.15) is 0 Å². The van der Waals surface area contributed by atoms with E-state index < -0.39 is 12.1 Å². The van der Waals surface area contributed by atoms with E-state index in [9.17, 15) is 9.59 Å². The van der Waals surface area contributed by atoms with Crippen molar-refractivity contribution in [2.75, 3.05) is 19.8 Å². The van der Waals surface area contributed by atoms with Gasteiger partial charge in [-0.25, -0.2) is 14.5 Å². The minimum atomic E-state index is -1.11. The molecule has 0 saturated heterocycles. The van der Waals surface area contributed by atoms with E-state index in [1.54, 1.807) is 12.1 Å². The van der Waals surface area contributed by atoms with E-state index in [2.05, 4.69) is 19.6 Å². The van der Waals surface area contributed by atoms with Crippen LogP contribution >= 0.6 is 0 Å². The lowest BCUT2D eigenvalue weighted by molar-refractivity contribution is -0.452. The van der Waals surface area contributed by atoms with Crippen LogP contribution < -0.4 is 0 Å². The van der Waals surface area contributed by atoms with Gasteiger partial charge in [0.05, 0.1) is 17.2 Å². The van der Waals surface area contributed by atoms with E-state index in [4.69, 9.17) is 4.74 Å². The van der Waals surface area contributed by atoms with Crippen LogP contribution in [0.1, 0.15) is 41.3 Å². The first-order valence-corrected chi connectivity index (χ1v) is 7.41. The van der Waals surface area contributed by atoms with Crippen molar-refractivity contribution in [3.8, 4) is 0 Å². The quantitative estimate of drug-likeness (QED) is 0.298. The van der Waals surface area contributed by atoms with Crippen LogP contribution in [0, 0.1) is 13.8 Å². The Kier molecular flexibility index (Phi) is 8.71. The molecule has 0 aliphatic heterocycles. The van der Waals surface area contributed by atoms with E-state index in [1.807, 2.05) is 26.8 Å². The van der Waals surface area contributed by atoms with Gasteiger partial charge in [0.1, 0.15) is 6.61 Å². The Morgan fingerprint density at radius 1 is 0.957 bits per heavy atom. The van der Waals surface area contributed by atoms with Crippen molar-refractivity contribution in [2.45, 2.75) is 33.6 Å². The molecule has 0 saturated carbocycles. The lowest BCUT2D eigenvalue weighted by atomic mass is 10.1. The topological polar surface area (TPSA) is 80.3 Å². The van der Waals surface area contributed by atoms with Crippen LogP contribution in [0.3, 0.4) is 0 Å². The Labute approximate surface area is 135 Å². The van der Waals surface area contributed by atoms with E-state index in [1.165, 1.54) is 0 Å². The Morgan fingerprint density at radius 3 is 2.30 bits per heavy atom. The second-order valence-corrected chi connectivity index (χ2v) is 4.96. The highest BCUT2D eigenvalue weighted by molar-refractivity contribution is 5.89. The molecule has 128 valence electrons. The lowest BCUT2D eigenvalue weighted by Crippen LogP contribution is -2.15. The normalized spacial score (nSPS) is 10.2. The van der Waals surface area contributed by atoms with Crippen LogP contribution in [0.4, 0.5) is 4.79 Å². The molecule has 0 heterocycles. The Balaban J connectivity index is 2.18. The van der Waals surface area contributed by atoms with Gasteiger partial charge in [0.15, 0.2) is 0 Å². The van der Waals surface area contributed by atoms with Gasteiger partial charge in [0.2, 0.25) is 0 Å². The molecular weight excluding hydrogens is 304 g/mol. The molecular formula is C16H22O7. The molecule has 0 atom stereocenters. The number of carbonyl (C=O) groups is 2. The fraction of sp³-hybridized carbons (Fsp3) is 0.500. The molecule has 7 heteroatoms. The molecule has 7 nitrogen and oxygen atoms in total. The molecule has 0 spiro atoms. The van der Waals surface area contributed by atoms with Crippen LogP contribution in [0.2, 0.25) is 0 Å². The summed E-state index contributed by atoms with van der Waals surface area (Å²) in [5, 5.41) is 4.12. The first kappa shape index (κ1) is 18.9. The highest BCUT2D eigenvalue weighted by Crippen LogP contribution is 2.10. The Morgan fingerprint density at radius 2 is 1.65 bits per heavy atom. The van der Waals surface area contributed by atoms with Crippen LogP contribution in [-0.2, 0) is 24.3 Å². The van der Waals surface area contributed by atoms with Gasteiger partial charge in [0, 0.05) is 6.61 Å². The first-order chi connectivity index (χ1) is 11.0. The van der Waals surface area contributed by atoms with Crippen LogP contribution in [0.5, 0.6) is 0 Å². The number of ether oxygens (including phenoxy) is 2. The third-order valence-corrected chi connectivity index (χ3v) is 2.76. The monoisotopic (exact) mass is 326 g/mol. The summed E-state index contributed by atoms with van der Waals surface area (Å²) in [6, 6.07) is 5.17. The van der Waals surface area contributed by atoms with Crippen LogP contribution in [-0.4, -0.2) is 31.9 Å². The number of hydrogen-bond acceptors (Lipinski definition) is 7. The second-order valence-electron chi connectivity index (χ2n) is 4.96. The molecule has 0 radical (unpaired) electrons. The molecule has 1 aromatic rings. The number of hydrogen-bond donors (Lipinski definition) is 0. The van der Waals surface area contributed by atoms with Gasteiger partial charge >= 0.3 is 12.1 Å². The molecule has 1 aromatic carbocycles. The predicted molar refractivity (Wildman–Crippen MR) is 80.6 cm³/mol. The van der Waals surface area contributed by atoms with Crippen molar-refractivity contribution in [1.29, 1.82) is 0 Å². The van der Waals surface area contributed by atoms with Gasteiger partial charge in [-0.15, -0.1) is 0 Å². The van der Waals surface area contributed by atoms with E-state index in [0.29, 0.717) is 12.2 Å². The maximum absolute atomic E-state index is 11.7. The predicted octanol–water partition coefficient (Wildman–Crippen LogP) is 3.28. The molecule has 23 heavy (non-hydrogen) atoms. The van der Waals surface area contributed by atoms with Gasteiger partial charge < -0.3 is 9.47 Å². The summed E-state index contributed by atoms with van der Waals surface area (Å²) >= 11 is 0. The largest absolute Gasteiger partial charge is 0.543 e. The SMILES string of the molecule is CCCCOCCOC(=O)OOOC(=O)c1cc(C)cc(C)c1. The third kappa shape index (κ3) is 8.18. The highest BCUT2D eigenvalue weighted by atomic mass is 17.5. The average Bonchev–Trinajstić information content (AvgIpc) is 2.49. The molecule has 0 unspecified atom stereocenters. The van der Waals surface area contributed by atoms with E-state index in [0.717, 1.165) is 24.0 Å². The van der Waals surface area contributed by atoms with Crippen LogP contribution in [0.25, 0.3) is 0 Å². The zero-order chi connectivity index (χ0) is 17.1. The second kappa shape index (κ2) is 10.6. The molecule has 0 fully saturated rings. The van der Waals surface area contributed by atoms with Crippen molar-refractivity contribution < 1.29 is 33.9 Å². The maximum atomic E-state index is 11.7. The molecule has 0 N–H and O–H groups in total. The molecule has 0 amide bonds. The summed E-state index contributed by atoms with van der Waals surface area (Å²) in [4.78, 5) is 31.4. The van der Waals surface area contributed by atoms with Gasteiger partial charge in [-0.1, -0.05) is 30.5 Å². The van der Waals surface area contributed by atoms with Crippen molar-refractivity contribution in [3.63, 3.8) is 0 Å². The number of unbranched alkanes of at least 4 members (excludes halogenated alkanes) is 1. The summed E-state index contributed by atoms with van der Waals surface area (Å²) in [7, 11) is 0. The zero-order valence-electron chi connectivity index (χ0n) is 13.6. The summed E-state index contributed by atoms with van der Waals surface area (Å²) < 4.78 is 9.83. The van der Waals surface area contributed by atoms with Gasteiger partial charge in [0.25, 0.3) is 0 Å². The standard InChI is InChI=1S/C16H22O7/c1-4-5-6-19-7-8-20-16(18)22-23-21-15(17)14-10-12(2)9-13(3)11-14/h9-11H,4-8H2,1-3H3. The van der Waals surface area contributed by atoms with Crippen molar-refractivity contribution in [2.24, 2.45) is 0 Å². The highest BCUT2D eigenvalue weighted by Gasteiger charge is 2.12.